The Balaban J connectivity index is 1.48. The molecule has 4 rings (SSSR count). The van der Waals surface area contributed by atoms with Crippen molar-refractivity contribution in [3.63, 3.8) is 0 Å². The van der Waals surface area contributed by atoms with Gasteiger partial charge in [-0.1, -0.05) is 72.8 Å². The van der Waals surface area contributed by atoms with Gasteiger partial charge in [0.15, 0.2) is 0 Å². The van der Waals surface area contributed by atoms with E-state index in [9.17, 15) is 4.79 Å². The van der Waals surface area contributed by atoms with Crippen LogP contribution in [0.4, 0.5) is 5.69 Å². The minimum Gasteiger partial charge on any atom is -0.382 e. The molecule has 1 heterocycles. The van der Waals surface area contributed by atoms with Gasteiger partial charge in [-0.25, -0.2) is 0 Å². The summed E-state index contributed by atoms with van der Waals surface area (Å²) in [5.41, 5.74) is 11.2. The second-order valence-electron chi connectivity index (χ2n) is 8.33. The van der Waals surface area contributed by atoms with Crippen LogP contribution >= 0.6 is 0 Å². The maximum atomic E-state index is 12.2. The van der Waals surface area contributed by atoms with E-state index in [0.717, 1.165) is 18.5 Å². The van der Waals surface area contributed by atoms with E-state index in [-0.39, 0.29) is 17.9 Å². The molecular formula is C28H31N5O. The molecule has 4 aromatic rings. The Hall–Kier alpha value is -3.90. The van der Waals surface area contributed by atoms with Gasteiger partial charge < -0.3 is 16.4 Å². The Morgan fingerprint density at radius 3 is 2.18 bits per heavy atom. The molecule has 1 atom stereocenters. The fourth-order valence-electron chi connectivity index (χ4n) is 4.24. The average molecular weight is 454 g/mol. The van der Waals surface area contributed by atoms with E-state index in [1.165, 1.54) is 22.9 Å². The van der Waals surface area contributed by atoms with Crippen LogP contribution in [0.2, 0.25) is 0 Å². The molecule has 3 aromatic carbocycles. The average Bonchev–Trinajstić information content (AvgIpc) is 3.41. The third kappa shape index (κ3) is 6.11. The number of anilines is 1. The Labute approximate surface area is 200 Å². The molecule has 1 amide bonds. The SMILES string of the molecule is NCCC(CCNC(=O)c1cn[nH]c1)Nc1cccc(C(c2ccccc2)c2ccccc2)c1. The number of aromatic nitrogens is 2. The smallest absolute Gasteiger partial charge is 0.254 e. The maximum Gasteiger partial charge on any atom is 0.254 e. The lowest BCUT2D eigenvalue weighted by molar-refractivity contribution is 0.0953. The van der Waals surface area contributed by atoms with Crippen molar-refractivity contribution in [2.24, 2.45) is 5.73 Å². The Morgan fingerprint density at radius 1 is 0.882 bits per heavy atom. The van der Waals surface area contributed by atoms with Crippen LogP contribution in [0.25, 0.3) is 0 Å². The first-order valence-electron chi connectivity index (χ1n) is 11.7. The molecule has 0 radical (unpaired) electrons. The zero-order valence-electron chi connectivity index (χ0n) is 19.2. The number of nitrogens with zero attached hydrogens (tertiary/aromatic N) is 1. The van der Waals surface area contributed by atoms with Crippen LogP contribution in [-0.2, 0) is 0 Å². The molecule has 1 unspecified atom stereocenters. The summed E-state index contributed by atoms with van der Waals surface area (Å²) >= 11 is 0. The van der Waals surface area contributed by atoms with Gasteiger partial charge in [0, 0.05) is 30.4 Å². The fraction of sp³-hybridized carbons (Fsp3) is 0.214. The molecule has 0 aliphatic rings. The normalized spacial score (nSPS) is 11.8. The van der Waals surface area contributed by atoms with Gasteiger partial charge in [0.2, 0.25) is 0 Å². The lowest BCUT2D eigenvalue weighted by Gasteiger charge is -2.23. The standard InChI is InChI=1S/C28H31N5O/c29-16-14-25(15-17-30-28(34)24-19-31-32-20-24)33-26-13-7-12-23(18-26)27(21-8-3-1-4-9-21)22-10-5-2-6-11-22/h1-13,18-20,25,27,33H,14-17,29H2,(H,30,34)(H,31,32). The second-order valence-corrected chi connectivity index (χ2v) is 8.33. The third-order valence-corrected chi connectivity index (χ3v) is 5.91. The fourth-order valence-corrected chi connectivity index (χ4v) is 4.24. The monoisotopic (exact) mass is 453 g/mol. The molecule has 34 heavy (non-hydrogen) atoms. The third-order valence-electron chi connectivity index (χ3n) is 5.91. The van der Waals surface area contributed by atoms with E-state index < -0.39 is 0 Å². The van der Waals surface area contributed by atoms with E-state index in [2.05, 4.69) is 93.6 Å². The summed E-state index contributed by atoms with van der Waals surface area (Å²) in [5, 5.41) is 13.1. The summed E-state index contributed by atoms with van der Waals surface area (Å²) < 4.78 is 0. The van der Waals surface area contributed by atoms with E-state index >= 15 is 0 Å². The number of H-pyrrole nitrogens is 1. The summed E-state index contributed by atoms with van der Waals surface area (Å²) in [5.74, 6) is 0.0159. The Kier molecular flexibility index (Phi) is 8.08. The van der Waals surface area contributed by atoms with Crippen molar-refractivity contribution in [1.29, 1.82) is 0 Å². The molecule has 0 aliphatic carbocycles. The zero-order valence-corrected chi connectivity index (χ0v) is 19.2. The molecule has 0 saturated heterocycles. The molecule has 1 aromatic heterocycles. The number of aromatic amines is 1. The molecule has 5 N–H and O–H groups in total. The Morgan fingerprint density at radius 2 is 1.56 bits per heavy atom. The molecule has 0 fully saturated rings. The highest BCUT2D eigenvalue weighted by Gasteiger charge is 2.17. The summed E-state index contributed by atoms with van der Waals surface area (Å²) in [4.78, 5) is 12.2. The number of rotatable bonds is 11. The highest BCUT2D eigenvalue weighted by atomic mass is 16.1. The van der Waals surface area contributed by atoms with Gasteiger partial charge in [-0.05, 0) is 48.2 Å². The highest BCUT2D eigenvalue weighted by Crippen LogP contribution is 2.33. The molecule has 174 valence electrons. The summed E-state index contributed by atoms with van der Waals surface area (Å²) in [6.45, 7) is 1.13. The van der Waals surface area contributed by atoms with Crippen molar-refractivity contribution in [1.82, 2.24) is 15.5 Å². The van der Waals surface area contributed by atoms with Crippen LogP contribution in [0.5, 0.6) is 0 Å². The quantitative estimate of drug-likeness (QED) is 0.251. The number of carbonyl (C=O) groups is 1. The summed E-state index contributed by atoms with van der Waals surface area (Å²) in [6.07, 6.45) is 4.69. The van der Waals surface area contributed by atoms with Gasteiger partial charge in [0.25, 0.3) is 5.91 Å². The number of nitrogens with one attached hydrogen (secondary N) is 3. The van der Waals surface area contributed by atoms with Gasteiger partial charge in [0.05, 0.1) is 11.8 Å². The largest absolute Gasteiger partial charge is 0.382 e. The number of nitrogens with two attached hydrogens (primary N) is 1. The molecule has 0 spiro atoms. The van der Waals surface area contributed by atoms with E-state index in [1.807, 2.05) is 12.1 Å². The lowest BCUT2D eigenvalue weighted by atomic mass is 9.85. The highest BCUT2D eigenvalue weighted by molar-refractivity contribution is 5.93. The number of hydrogen-bond acceptors (Lipinski definition) is 4. The topological polar surface area (TPSA) is 95.8 Å². The number of amides is 1. The molecular weight excluding hydrogens is 422 g/mol. The van der Waals surface area contributed by atoms with Crippen molar-refractivity contribution >= 4 is 11.6 Å². The van der Waals surface area contributed by atoms with Crippen LogP contribution in [0.15, 0.2) is 97.3 Å². The molecule has 6 nitrogen and oxygen atoms in total. The van der Waals surface area contributed by atoms with Crippen molar-refractivity contribution in [3.05, 3.63) is 120 Å². The van der Waals surface area contributed by atoms with E-state index in [1.54, 1.807) is 6.20 Å². The first kappa shape index (κ1) is 23.3. The predicted molar refractivity (Wildman–Crippen MR) is 137 cm³/mol. The van der Waals surface area contributed by atoms with Crippen LogP contribution in [0.3, 0.4) is 0 Å². The summed E-state index contributed by atoms with van der Waals surface area (Å²) in [6, 6.07) is 29.9. The van der Waals surface area contributed by atoms with Crippen LogP contribution in [-0.4, -0.2) is 35.2 Å². The first-order valence-corrected chi connectivity index (χ1v) is 11.7. The zero-order chi connectivity index (χ0) is 23.6. The van der Waals surface area contributed by atoms with Gasteiger partial charge in [-0.2, -0.15) is 5.10 Å². The van der Waals surface area contributed by atoms with E-state index in [0.29, 0.717) is 18.7 Å². The first-order chi connectivity index (χ1) is 16.7. The summed E-state index contributed by atoms with van der Waals surface area (Å²) in [7, 11) is 0. The van der Waals surface area contributed by atoms with Gasteiger partial charge >= 0.3 is 0 Å². The van der Waals surface area contributed by atoms with Crippen molar-refractivity contribution in [2.75, 3.05) is 18.4 Å². The van der Waals surface area contributed by atoms with Crippen molar-refractivity contribution in [2.45, 2.75) is 24.8 Å². The molecule has 6 heteroatoms. The lowest BCUT2D eigenvalue weighted by Crippen LogP contribution is -2.31. The van der Waals surface area contributed by atoms with Crippen molar-refractivity contribution in [3.8, 4) is 0 Å². The minimum absolute atomic E-state index is 0.129. The predicted octanol–water partition coefficient (Wildman–Crippen LogP) is 4.54. The second kappa shape index (κ2) is 11.8. The van der Waals surface area contributed by atoms with Crippen molar-refractivity contribution < 1.29 is 4.79 Å². The minimum atomic E-state index is -0.129. The number of hydrogen-bond donors (Lipinski definition) is 4. The van der Waals surface area contributed by atoms with Crippen LogP contribution < -0.4 is 16.4 Å². The molecule has 0 bridgehead atoms. The molecule has 0 saturated carbocycles. The number of benzene rings is 3. The maximum absolute atomic E-state index is 12.2. The van der Waals surface area contributed by atoms with Crippen LogP contribution in [0.1, 0.15) is 45.8 Å². The van der Waals surface area contributed by atoms with Gasteiger partial charge in [0.1, 0.15) is 0 Å². The molecule has 0 aliphatic heterocycles. The van der Waals surface area contributed by atoms with E-state index in [4.69, 9.17) is 5.73 Å². The van der Waals surface area contributed by atoms with Gasteiger partial charge in [-0.15, -0.1) is 0 Å². The van der Waals surface area contributed by atoms with Crippen LogP contribution in [0, 0.1) is 0 Å². The van der Waals surface area contributed by atoms with Gasteiger partial charge in [-0.3, -0.25) is 9.89 Å². The Bertz CT molecular complexity index is 1110. The number of carbonyl (C=O) groups excluding carboxylic acids is 1.